The van der Waals surface area contributed by atoms with Crippen molar-refractivity contribution in [3.05, 3.63) is 34.9 Å². The molecule has 1 aliphatic heterocycles. The molecule has 6 nitrogen and oxygen atoms in total. The number of carbonyl (C=O) groups excluding carboxylic acids is 3. The van der Waals surface area contributed by atoms with E-state index in [1.54, 1.807) is 24.9 Å². The summed E-state index contributed by atoms with van der Waals surface area (Å²) < 4.78 is 0. The second-order valence-electron chi connectivity index (χ2n) is 4.85. The number of imide groups is 2. The minimum absolute atomic E-state index is 0.0619. The summed E-state index contributed by atoms with van der Waals surface area (Å²) in [7, 11) is 1.76. The van der Waals surface area contributed by atoms with E-state index in [0.717, 1.165) is 15.4 Å². The highest BCUT2D eigenvalue weighted by molar-refractivity contribution is 6.44. The number of amides is 4. The van der Waals surface area contributed by atoms with Crippen LogP contribution in [-0.2, 0) is 16.1 Å². The summed E-state index contributed by atoms with van der Waals surface area (Å²) >= 11 is 5.91. The zero-order chi connectivity index (χ0) is 15.6. The number of halogens is 1. The Morgan fingerprint density at radius 3 is 2.38 bits per heavy atom. The molecule has 1 saturated heterocycles. The summed E-state index contributed by atoms with van der Waals surface area (Å²) in [5.41, 5.74) is 0.961. The average Bonchev–Trinajstić information content (AvgIpc) is 2.62. The largest absolute Gasteiger partial charge is 0.335 e. The van der Waals surface area contributed by atoms with E-state index in [2.05, 4.69) is 0 Å². The van der Waals surface area contributed by atoms with Crippen molar-refractivity contribution in [1.29, 1.82) is 0 Å². The molecule has 1 heterocycles. The molecule has 0 unspecified atom stereocenters. The van der Waals surface area contributed by atoms with Gasteiger partial charge in [0.05, 0.1) is 6.67 Å². The van der Waals surface area contributed by atoms with Gasteiger partial charge in [0, 0.05) is 18.1 Å². The zero-order valence-corrected chi connectivity index (χ0v) is 12.6. The van der Waals surface area contributed by atoms with Crippen molar-refractivity contribution in [2.45, 2.75) is 13.5 Å². The van der Waals surface area contributed by atoms with Gasteiger partial charge in [-0.25, -0.2) is 9.69 Å². The molecule has 112 valence electrons. The van der Waals surface area contributed by atoms with Gasteiger partial charge in [0.2, 0.25) is 0 Å². The fraction of sp³-hybridized carbons (Fsp3) is 0.357. The van der Waals surface area contributed by atoms with E-state index < -0.39 is 17.8 Å². The standard InChI is InChI=1S/C14H16ClN3O3/c1-3-17-12(19)13(20)18(14(17)21)9-16(2)8-10-5-4-6-11(15)7-10/h4-7H,3,8-9H2,1-2H3. The molecule has 0 spiro atoms. The number of nitrogens with zero attached hydrogens (tertiary/aromatic N) is 3. The molecular weight excluding hydrogens is 294 g/mol. The lowest BCUT2D eigenvalue weighted by atomic mass is 10.2. The Hall–Kier alpha value is -1.92. The van der Waals surface area contributed by atoms with E-state index in [-0.39, 0.29) is 13.2 Å². The van der Waals surface area contributed by atoms with Crippen LogP contribution in [0.5, 0.6) is 0 Å². The van der Waals surface area contributed by atoms with Crippen LogP contribution < -0.4 is 0 Å². The molecule has 2 rings (SSSR count). The molecule has 1 aliphatic rings. The van der Waals surface area contributed by atoms with Crippen molar-refractivity contribution in [2.24, 2.45) is 0 Å². The third kappa shape index (κ3) is 3.22. The average molecular weight is 310 g/mol. The molecule has 0 radical (unpaired) electrons. The second kappa shape index (κ2) is 6.24. The van der Waals surface area contributed by atoms with E-state index >= 15 is 0 Å². The van der Waals surface area contributed by atoms with Crippen LogP contribution >= 0.6 is 11.6 Å². The summed E-state index contributed by atoms with van der Waals surface area (Å²) in [4.78, 5) is 39.0. The second-order valence-corrected chi connectivity index (χ2v) is 5.29. The number of carbonyl (C=O) groups is 3. The van der Waals surface area contributed by atoms with E-state index in [9.17, 15) is 14.4 Å². The minimum atomic E-state index is -0.778. The zero-order valence-electron chi connectivity index (χ0n) is 11.9. The van der Waals surface area contributed by atoms with Gasteiger partial charge in [0.15, 0.2) is 0 Å². The first-order chi connectivity index (χ1) is 9.93. The van der Waals surface area contributed by atoms with E-state index in [1.165, 1.54) is 0 Å². The predicted molar refractivity (Wildman–Crippen MR) is 77.4 cm³/mol. The number of benzene rings is 1. The van der Waals surface area contributed by atoms with Gasteiger partial charge >= 0.3 is 17.8 Å². The minimum Gasteiger partial charge on any atom is -0.284 e. The molecular formula is C14H16ClN3O3. The van der Waals surface area contributed by atoms with Crippen LogP contribution in [0.2, 0.25) is 5.02 Å². The molecule has 4 amide bonds. The fourth-order valence-electron chi connectivity index (χ4n) is 2.19. The lowest BCUT2D eigenvalue weighted by Crippen LogP contribution is -2.40. The Balaban J connectivity index is 2.03. The maximum absolute atomic E-state index is 12.0. The highest BCUT2D eigenvalue weighted by Gasteiger charge is 2.43. The SMILES string of the molecule is CCN1C(=O)C(=O)N(CN(C)Cc2cccc(Cl)c2)C1=O. The van der Waals surface area contributed by atoms with Crippen LogP contribution in [0.25, 0.3) is 0 Å². The van der Waals surface area contributed by atoms with E-state index in [4.69, 9.17) is 11.6 Å². The maximum atomic E-state index is 12.0. The first-order valence-electron chi connectivity index (χ1n) is 6.54. The summed E-state index contributed by atoms with van der Waals surface area (Å²) in [6, 6.07) is 6.76. The normalized spacial score (nSPS) is 15.5. The molecule has 21 heavy (non-hydrogen) atoms. The smallest absolute Gasteiger partial charge is 0.284 e. The van der Waals surface area contributed by atoms with Gasteiger partial charge in [-0.15, -0.1) is 0 Å². The summed E-state index contributed by atoms with van der Waals surface area (Å²) in [6.07, 6.45) is 0. The number of rotatable bonds is 5. The third-order valence-electron chi connectivity index (χ3n) is 3.18. The van der Waals surface area contributed by atoms with Crippen molar-refractivity contribution < 1.29 is 14.4 Å². The maximum Gasteiger partial charge on any atom is 0.335 e. The number of hydrogen-bond donors (Lipinski definition) is 0. The highest BCUT2D eigenvalue weighted by Crippen LogP contribution is 2.15. The Labute approximate surface area is 127 Å². The van der Waals surface area contributed by atoms with Gasteiger partial charge in [0.1, 0.15) is 0 Å². The molecule has 1 aromatic carbocycles. The van der Waals surface area contributed by atoms with Gasteiger partial charge in [-0.2, -0.15) is 0 Å². The Bertz CT molecular complexity index is 591. The Kier molecular flexibility index (Phi) is 4.59. The van der Waals surface area contributed by atoms with Crippen LogP contribution in [-0.4, -0.2) is 52.8 Å². The molecule has 1 fully saturated rings. The lowest BCUT2D eigenvalue weighted by molar-refractivity contribution is -0.143. The first-order valence-corrected chi connectivity index (χ1v) is 6.92. The van der Waals surface area contributed by atoms with Crippen molar-refractivity contribution in [3.8, 4) is 0 Å². The molecule has 0 bridgehead atoms. The Morgan fingerprint density at radius 1 is 1.14 bits per heavy atom. The van der Waals surface area contributed by atoms with Gasteiger partial charge in [-0.05, 0) is 31.7 Å². The first kappa shape index (κ1) is 15.5. The molecule has 0 N–H and O–H groups in total. The Morgan fingerprint density at radius 2 is 1.81 bits per heavy atom. The van der Waals surface area contributed by atoms with Crippen LogP contribution in [0.4, 0.5) is 4.79 Å². The van der Waals surface area contributed by atoms with Gasteiger partial charge in [-0.1, -0.05) is 23.7 Å². The molecule has 0 saturated carbocycles. The number of urea groups is 1. The van der Waals surface area contributed by atoms with Gasteiger partial charge < -0.3 is 0 Å². The van der Waals surface area contributed by atoms with Crippen LogP contribution in [0, 0.1) is 0 Å². The van der Waals surface area contributed by atoms with Crippen molar-refractivity contribution >= 4 is 29.4 Å². The molecule has 0 atom stereocenters. The summed E-state index contributed by atoms with van der Waals surface area (Å²) in [6.45, 7) is 2.42. The van der Waals surface area contributed by atoms with Crippen molar-refractivity contribution in [3.63, 3.8) is 0 Å². The summed E-state index contributed by atoms with van der Waals surface area (Å²) in [5.74, 6) is -1.54. The third-order valence-corrected chi connectivity index (χ3v) is 3.41. The quantitative estimate of drug-likeness (QED) is 0.611. The topological polar surface area (TPSA) is 60.9 Å². The highest BCUT2D eigenvalue weighted by atomic mass is 35.5. The fourth-order valence-corrected chi connectivity index (χ4v) is 2.41. The van der Waals surface area contributed by atoms with Gasteiger partial charge in [0.25, 0.3) is 0 Å². The van der Waals surface area contributed by atoms with E-state index in [1.807, 2.05) is 18.2 Å². The van der Waals surface area contributed by atoms with E-state index in [0.29, 0.717) is 11.6 Å². The lowest BCUT2D eigenvalue weighted by Gasteiger charge is -2.22. The van der Waals surface area contributed by atoms with Crippen LogP contribution in [0.3, 0.4) is 0 Å². The molecule has 7 heteroatoms. The van der Waals surface area contributed by atoms with Crippen LogP contribution in [0.1, 0.15) is 12.5 Å². The van der Waals surface area contributed by atoms with Gasteiger partial charge in [-0.3, -0.25) is 19.4 Å². The van der Waals surface area contributed by atoms with Crippen molar-refractivity contribution in [2.75, 3.05) is 20.3 Å². The summed E-state index contributed by atoms with van der Waals surface area (Å²) in [5, 5.41) is 0.626. The predicted octanol–water partition coefficient (Wildman–Crippen LogP) is 1.54. The van der Waals surface area contributed by atoms with Crippen molar-refractivity contribution in [1.82, 2.24) is 14.7 Å². The van der Waals surface area contributed by atoms with Crippen LogP contribution in [0.15, 0.2) is 24.3 Å². The molecule has 0 aliphatic carbocycles. The monoisotopic (exact) mass is 309 g/mol. The molecule has 1 aromatic rings. The number of likely N-dealkylation sites (N-methyl/N-ethyl adjacent to an activating group) is 1. The molecule has 0 aromatic heterocycles. The number of hydrogen-bond acceptors (Lipinski definition) is 4.